The second kappa shape index (κ2) is 11.2. The molecule has 1 heterocycles. The number of fused-ring (bicyclic) bond motifs is 9. The van der Waals surface area contributed by atoms with Crippen LogP contribution in [0, 0.1) is 0 Å². The van der Waals surface area contributed by atoms with Crippen LogP contribution in [0.15, 0.2) is 170 Å². The van der Waals surface area contributed by atoms with E-state index in [4.69, 9.17) is 0 Å². The number of hydrogen-bond acceptors (Lipinski definition) is 0. The van der Waals surface area contributed by atoms with Gasteiger partial charge in [-0.3, -0.25) is 0 Å². The maximum absolute atomic E-state index is 2.59. The minimum absolute atomic E-state index is 0.0250. The molecule has 9 aromatic rings. The zero-order valence-electron chi connectivity index (χ0n) is 31.2. The topological polar surface area (TPSA) is 0 Å². The van der Waals surface area contributed by atoms with Gasteiger partial charge in [0.05, 0.1) is 0 Å². The third-order valence-corrected chi connectivity index (χ3v) is 16.4. The molecule has 0 amide bonds. The normalized spacial score (nSPS) is 14.6. The summed E-state index contributed by atoms with van der Waals surface area (Å²) in [6.45, 7) is 9.78. The zero-order valence-corrected chi connectivity index (χ0v) is 32.2. The van der Waals surface area contributed by atoms with Gasteiger partial charge in [0.25, 0.3) is 0 Å². The van der Waals surface area contributed by atoms with Gasteiger partial charge < -0.3 is 0 Å². The van der Waals surface area contributed by atoms with Gasteiger partial charge in [0.1, 0.15) is 8.07 Å². The van der Waals surface area contributed by atoms with Crippen LogP contribution in [0.1, 0.15) is 25.0 Å². The minimum Gasteiger partial charge on any atom is -0.0623 e. The third-order valence-electron chi connectivity index (χ3n) is 12.9. The molecule has 0 N–H and O–H groups in total. The maximum Gasteiger partial charge on any atom is 0.113 e. The highest BCUT2D eigenvalue weighted by molar-refractivity contribution is 7.04. The van der Waals surface area contributed by atoms with E-state index in [1.807, 2.05) is 0 Å². The Kier molecular flexibility index (Phi) is 6.56. The van der Waals surface area contributed by atoms with E-state index in [0.717, 1.165) is 0 Å². The third kappa shape index (κ3) is 4.36. The van der Waals surface area contributed by atoms with Gasteiger partial charge in [-0.2, -0.15) is 0 Å². The smallest absolute Gasteiger partial charge is 0.0623 e. The molecule has 54 heavy (non-hydrogen) atoms. The van der Waals surface area contributed by atoms with Gasteiger partial charge in [0.15, 0.2) is 0 Å². The Morgan fingerprint density at radius 1 is 0.352 bits per heavy atom. The predicted molar refractivity (Wildman–Crippen MR) is 235 cm³/mol. The highest BCUT2D eigenvalue weighted by Crippen LogP contribution is 2.50. The Morgan fingerprint density at radius 2 is 0.926 bits per heavy atom. The quantitative estimate of drug-likeness (QED) is 0.127. The van der Waals surface area contributed by atoms with Crippen LogP contribution in [0.25, 0.3) is 88.0 Å². The van der Waals surface area contributed by atoms with Crippen LogP contribution in [0.3, 0.4) is 0 Å². The van der Waals surface area contributed by atoms with E-state index in [0.29, 0.717) is 0 Å². The van der Waals surface area contributed by atoms with Crippen molar-refractivity contribution < 1.29 is 0 Å². The van der Waals surface area contributed by atoms with Crippen LogP contribution in [0.4, 0.5) is 0 Å². The molecular weight excluding hydrogens is 665 g/mol. The lowest BCUT2D eigenvalue weighted by Crippen LogP contribution is -2.49. The molecule has 0 saturated heterocycles. The molecule has 0 radical (unpaired) electrons. The van der Waals surface area contributed by atoms with E-state index in [1.165, 1.54) is 104 Å². The molecule has 1 aliphatic heterocycles. The Labute approximate surface area is 318 Å². The molecule has 9 aromatic carbocycles. The lowest BCUT2D eigenvalue weighted by atomic mass is 9.81. The van der Waals surface area contributed by atoms with Crippen molar-refractivity contribution in [2.45, 2.75) is 32.4 Å². The largest absolute Gasteiger partial charge is 0.113 e. The van der Waals surface area contributed by atoms with Crippen molar-refractivity contribution in [3.63, 3.8) is 0 Å². The molecule has 0 bridgehead atoms. The molecule has 1 aliphatic carbocycles. The van der Waals surface area contributed by atoms with E-state index in [9.17, 15) is 0 Å². The van der Waals surface area contributed by atoms with Crippen molar-refractivity contribution in [3.05, 3.63) is 181 Å². The van der Waals surface area contributed by atoms with E-state index < -0.39 is 8.07 Å². The number of rotatable bonds is 3. The van der Waals surface area contributed by atoms with Crippen LogP contribution in [0.2, 0.25) is 13.1 Å². The first-order valence-electron chi connectivity index (χ1n) is 19.3. The van der Waals surface area contributed by atoms with Crippen molar-refractivity contribution in [2.24, 2.45) is 0 Å². The fourth-order valence-electron chi connectivity index (χ4n) is 10.1. The summed E-state index contributed by atoms with van der Waals surface area (Å²) in [5.74, 6) is 0. The second-order valence-electron chi connectivity index (χ2n) is 16.5. The van der Waals surface area contributed by atoms with Crippen LogP contribution in [-0.2, 0) is 5.41 Å². The molecule has 0 fully saturated rings. The van der Waals surface area contributed by atoms with Gasteiger partial charge >= 0.3 is 0 Å². The summed E-state index contributed by atoms with van der Waals surface area (Å²) < 4.78 is 0. The lowest BCUT2D eigenvalue weighted by molar-refractivity contribution is 0.660. The molecular formula is C53H40Si. The molecule has 0 spiro atoms. The van der Waals surface area contributed by atoms with Crippen molar-refractivity contribution in [1.29, 1.82) is 0 Å². The molecule has 0 saturated carbocycles. The SMILES string of the molecule is CC1(C)c2ccccc2-c2ccc(-c3ccc(-c4c5ccccc5c(-c5ccc6ccccc6c5)c5cc6c(cc45)-c4ccccc4[Si]6(C)C)cc3)cc21. The summed E-state index contributed by atoms with van der Waals surface area (Å²) in [4.78, 5) is 0. The molecule has 0 aromatic heterocycles. The number of benzene rings is 9. The average Bonchev–Trinajstić information content (AvgIpc) is 3.58. The summed E-state index contributed by atoms with van der Waals surface area (Å²) in [6.07, 6.45) is 0. The monoisotopic (exact) mass is 704 g/mol. The molecule has 256 valence electrons. The van der Waals surface area contributed by atoms with E-state index in [1.54, 1.807) is 5.19 Å². The molecule has 0 unspecified atom stereocenters. The Hall–Kier alpha value is -6.02. The van der Waals surface area contributed by atoms with Crippen LogP contribution >= 0.6 is 0 Å². The van der Waals surface area contributed by atoms with E-state index in [-0.39, 0.29) is 5.41 Å². The highest BCUT2D eigenvalue weighted by Gasteiger charge is 2.38. The molecule has 1 heteroatoms. The van der Waals surface area contributed by atoms with E-state index >= 15 is 0 Å². The van der Waals surface area contributed by atoms with Crippen molar-refractivity contribution in [2.75, 3.05) is 0 Å². The first kappa shape index (κ1) is 31.5. The van der Waals surface area contributed by atoms with Gasteiger partial charge in [0, 0.05) is 5.41 Å². The maximum atomic E-state index is 2.59. The van der Waals surface area contributed by atoms with Crippen molar-refractivity contribution in [1.82, 2.24) is 0 Å². The van der Waals surface area contributed by atoms with E-state index in [2.05, 4.69) is 197 Å². The van der Waals surface area contributed by atoms with Gasteiger partial charge in [-0.15, -0.1) is 0 Å². The Bertz CT molecular complexity index is 3030. The summed E-state index contributed by atoms with van der Waals surface area (Å²) in [6, 6.07) is 64.5. The second-order valence-corrected chi connectivity index (χ2v) is 20.8. The fraction of sp³-hybridized carbons (Fsp3) is 0.0943. The molecule has 2 aliphatic rings. The lowest BCUT2D eigenvalue weighted by Gasteiger charge is -2.23. The minimum atomic E-state index is -1.91. The Morgan fingerprint density at radius 3 is 1.72 bits per heavy atom. The van der Waals surface area contributed by atoms with Crippen molar-refractivity contribution in [3.8, 4) is 55.6 Å². The summed E-state index contributed by atoms with van der Waals surface area (Å²) in [5, 5.41) is 10.9. The predicted octanol–water partition coefficient (Wildman–Crippen LogP) is 13.3. The summed E-state index contributed by atoms with van der Waals surface area (Å²) in [7, 11) is -1.91. The standard InChI is InChI=1S/C53H40Si/c1-53(2)47-19-11-9-15-39(47)40-28-27-37(30-48(40)53)34-21-24-35(25-22-34)51-42-17-7-8-18-43(42)52(38-26-23-33-13-5-6-14-36(33)29-38)46-32-50-44(31-45(46)51)41-16-10-12-20-49(41)54(50,3)4/h5-32H,1-4H3. The molecule has 0 atom stereocenters. The fourth-order valence-corrected chi connectivity index (χ4v) is 13.1. The van der Waals surface area contributed by atoms with Gasteiger partial charge in [-0.25, -0.2) is 0 Å². The van der Waals surface area contributed by atoms with Gasteiger partial charge in [-0.1, -0.05) is 179 Å². The molecule has 11 rings (SSSR count). The summed E-state index contributed by atoms with van der Waals surface area (Å²) >= 11 is 0. The first-order valence-corrected chi connectivity index (χ1v) is 22.3. The first-order chi connectivity index (χ1) is 26.3. The number of hydrogen-bond donors (Lipinski definition) is 0. The van der Waals surface area contributed by atoms with Gasteiger partial charge in [-0.05, 0) is 128 Å². The summed E-state index contributed by atoms with van der Waals surface area (Å²) in [5.41, 5.74) is 16.0. The zero-order chi connectivity index (χ0) is 36.3. The van der Waals surface area contributed by atoms with Crippen LogP contribution in [-0.4, -0.2) is 8.07 Å². The van der Waals surface area contributed by atoms with Crippen LogP contribution < -0.4 is 10.4 Å². The Balaban J connectivity index is 1.15. The highest BCUT2D eigenvalue weighted by atomic mass is 28.3. The van der Waals surface area contributed by atoms with Gasteiger partial charge in [0.2, 0.25) is 0 Å². The van der Waals surface area contributed by atoms with Crippen molar-refractivity contribution >= 4 is 50.8 Å². The molecule has 0 nitrogen and oxygen atoms in total. The van der Waals surface area contributed by atoms with Crippen LogP contribution in [0.5, 0.6) is 0 Å². The average molecular weight is 705 g/mol.